The quantitative estimate of drug-likeness (QED) is 0.790. The van der Waals surface area contributed by atoms with Gasteiger partial charge in [-0.15, -0.1) is 0 Å². The van der Waals surface area contributed by atoms with Gasteiger partial charge >= 0.3 is 5.97 Å². The van der Waals surface area contributed by atoms with E-state index in [9.17, 15) is 9.90 Å². The molecule has 0 aliphatic carbocycles. The van der Waals surface area contributed by atoms with Gasteiger partial charge in [-0.3, -0.25) is 4.98 Å². The largest absolute Gasteiger partial charge is 0.497 e. The SMILES string of the molecule is COc1ccc2oc(-c3ccncc3)c(C(=O)O)c2c1. The van der Waals surface area contributed by atoms with Crippen molar-refractivity contribution in [2.24, 2.45) is 0 Å². The van der Waals surface area contributed by atoms with Crippen molar-refractivity contribution in [3.05, 3.63) is 48.3 Å². The van der Waals surface area contributed by atoms with E-state index in [1.165, 1.54) is 7.11 Å². The Labute approximate surface area is 114 Å². The lowest BCUT2D eigenvalue weighted by atomic mass is 10.1. The summed E-state index contributed by atoms with van der Waals surface area (Å²) in [6.45, 7) is 0. The third-order valence-corrected chi connectivity index (χ3v) is 3.05. The van der Waals surface area contributed by atoms with Crippen molar-refractivity contribution in [1.82, 2.24) is 4.98 Å². The van der Waals surface area contributed by atoms with Crippen LogP contribution in [-0.4, -0.2) is 23.2 Å². The fraction of sp³-hybridized carbons (Fsp3) is 0.0667. The summed E-state index contributed by atoms with van der Waals surface area (Å²) in [6, 6.07) is 8.51. The average Bonchev–Trinajstić information content (AvgIpc) is 2.86. The first-order valence-electron chi connectivity index (χ1n) is 5.95. The number of carboxylic acids is 1. The molecule has 100 valence electrons. The zero-order valence-corrected chi connectivity index (χ0v) is 10.7. The molecule has 5 nitrogen and oxygen atoms in total. The summed E-state index contributed by atoms with van der Waals surface area (Å²) >= 11 is 0. The molecule has 5 heteroatoms. The zero-order chi connectivity index (χ0) is 14.1. The Kier molecular flexibility index (Phi) is 2.87. The number of furan rings is 1. The van der Waals surface area contributed by atoms with Crippen LogP contribution in [0.4, 0.5) is 0 Å². The van der Waals surface area contributed by atoms with E-state index in [1.54, 1.807) is 42.7 Å². The van der Waals surface area contributed by atoms with Gasteiger partial charge in [-0.05, 0) is 30.3 Å². The third-order valence-electron chi connectivity index (χ3n) is 3.05. The maximum absolute atomic E-state index is 11.6. The van der Waals surface area contributed by atoms with Crippen LogP contribution in [0.5, 0.6) is 5.75 Å². The van der Waals surface area contributed by atoms with Gasteiger partial charge in [0.05, 0.1) is 7.11 Å². The third kappa shape index (κ3) is 1.89. The molecule has 2 heterocycles. The predicted molar refractivity (Wildman–Crippen MR) is 73.0 cm³/mol. The number of methoxy groups -OCH3 is 1. The van der Waals surface area contributed by atoms with Gasteiger partial charge in [-0.25, -0.2) is 4.79 Å². The summed E-state index contributed by atoms with van der Waals surface area (Å²) in [5, 5.41) is 9.98. The Morgan fingerprint density at radius 2 is 2.00 bits per heavy atom. The second kappa shape index (κ2) is 4.70. The van der Waals surface area contributed by atoms with Crippen LogP contribution in [-0.2, 0) is 0 Å². The summed E-state index contributed by atoms with van der Waals surface area (Å²) in [4.78, 5) is 15.5. The lowest BCUT2D eigenvalue weighted by molar-refractivity contribution is 0.0699. The standard InChI is InChI=1S/C15H11NO4/c1-19-10-2-3-12-11(8-10)13(15(17)18)14(20-12)9-4-6-16-7-5-9/h2-8H,1H3,(H,17,18). The second-order valence-corrected chi connectivity index (χ2v) is 4.21. The number of ether oxygens (including phenoxy) is 1. The number of fused-ring (bicyclic) bond motifs is 1. The number of nitrogens with zero attached hydrogens (tertiary/aromatic N) is 1. The molecular weight excluding hydrogens is 258 g/mol. The molecule has 3 rings (SSSR count). The topological polar surface area (TPSA) is 72.6 Å². The molecule has 0 aliphatic heterocycles. The van der Waals surface area contributed by atoms with Gasteiger partial charge in [0.15, 0.2) is 0 Å². The van der Waals surface area contributed by atoms with Crippen molar-refractivity contribution in [2.75, 3.05) is 7.11 Å². The van der Waals surface area contributed by atoms with E-state index >= 15 is 0 Å². The number of rotatable bonds is 3. The number of aromatic nitrogens is 1. The highest BCUT2D eigenvalue weighted by Gasteiger charge is 2.21. The van der Waals surface area contributed by atoms with Crippen LogP contribution in [0.2, 0.25) is 0 Å². The van der Waals surface area contributed by atoms with Crippen molar-refractivity contribution in [1.29, 1.82) is 0 Å². The molecule has 0 saturated heterocycles. The molecule has 0 bridgehead atoms. The summed E-state index contributed by atoms with van der Waals surface area (Å²) in [5.74, 6) is -0.131. The Balaban J connectivity index is 2.32. The molecular formula is C15H11NO4. The summed E-state index contributed by atoms with van der Waals surface area (Å²) in [6.07, 6.45) is 3.18. The lowest BCUT2D eigenvalue weighted by Crippen LogP contribution is -1.97. The second-order valence-electron chi connectivity index (χ2n) is 4.21. The lowest BCUT2D eigenvalue weighted by Gasteiger charge is -1.99. The minimum atomic E-state index is -1.04. The van der Waals surface area contributed by atoms with Crippen LogP contribution >= 0.6 is 0 Å². The van der Waals surface area contributed by atoms with Gasteiger partial charge in [0.25, 0.3) is 0 Å². The monoisotopic (exact) mass is 269 g/mol. The van der Waals surface area contributed by atoms with Crippen molar-refractivity contribution in [3.8, 4) is 17.1 Å². The summed E-state index contributed by atoms with van der Waals surface area (Å²) in [7, 11) is 1.53. The number of carboxylic acid groups (broad SMARTS) is 1. The van der Waals surface area contributed by atoms with E-state index in [1.807, 2.05) is 0 Å². The van der Waals surface area contributed by atoms with Gasteiger partial charge in [0, 0.05) is 23.3 Å². The maximum Gasteiger partial charge on any atom is 0.340 e. The normalized spacial score (nSPS) is 10.7. The van der Waals surface area contributed by atoms with Crippen LogP contribution in [0.1, 0.15) is 10.4 Å². The molecule has 0 unspecified atom stereocenters. The maximum atomic E-state index is 11.6. The number of pyridine rings is 1. The van der Waals surface area contributed by atoms with Crippen molar-refractivity contribution < 1.29 is 19.1 Å². The van der Waals surface area contributed by atoms with Crippen LogP contribution in [0.3, 0.4) is 0 Å². The van der Waals surface area contributed by atoms with E-state index in [0.717, 1.165) is 0 Å². The Hall–Kier alpha value is -2.82. The minimum Gasteiger partial charge on any atom is -0.497 e. The van der Waals surface area contributed by atoms with Crippen LogP contribution in [0, 0.1) is 0 Å². The number of benzene rings is 1. The fourth-order valence-corrected chi connectivity index (χ4v) is 2.12. The average molecular weight is 269 g/mol. The van der Waals surface area contributed by atoms with Crippen LogP contribution in [0.25, 0.3) is 22.3 Å². The van der Waals surface area contributed by atoms with Crippen molar-refractivity contribution >= 4 is 16.9 Å². The Morgan fingerprint density at radius 1 is 1.25 bits per heavy atom. The Morgan fingerprint density at radius 3 is 2.65 bits per heavy atom. The number of carbonyl (C=O) groups is 1. The molecule has 1 N–H and O–H groups in total. The molecule has 0 radical (unpaired) electrons. The molecule has 2 aromatic heterocycles. The molecule has 0 spiro atoms. The fourth-order valence-electron chi connectivity index (χ4n) is 2.12. The molecule has 0 saturated carbocycles. The summed E-state index contributed by atoms with van der Waals surface area (Å²) < 4.78 is 10.8. The van der Waals surface area contributed by atoms with E-state index < -0.39 is 5.97 Å². The highest BCUT2D eigenvalue weighted by atomic mass is 16.5. The van der Waals surface area contributed by atoms with Crippen molar-refractivity contribution in [2.45, 2.75) is 0 Å². The molecule has 1 aromatic carbocycles. The van der Waals surface area contributed by atoms with Gasteiger partial charge in [0.1, 0.15) is 22.7 Å². The number of aromatic carboxylic acids is 1. The van der Waals surface area contributed by atoms with Gasteiger partial charge < -0.3 is 14.3 Å². The van der Waals surface area contributed by atoms with Gasteiger partial charge in [0.2, 0.25) is 0 Å². The highest BCUT2D eigenvalue weighted by molar-refractivity contribution is 6.08. The summed E-state index contributed by atoms with van der Waals surface area (Å²) in [5.41, 5.74) is 1.31. The molecule has 0 atom stereocenters. The first-order valence-corrected chi connectivity index (χ1v) is 5.95. The number of hydrogen-bond acceptors (Lipinski definition) is 4. The van der Waals surface area contributed by atoms with Crippen LogP contribution < -0.4 is 4.74 Å². The van der Waals surface area contributed by atoms with E-state index in [4.69, 9.17) is 9.15 Å². The Bertz CT molecular complexity index is 777. The smallest absolute Gasteiger partial charge is 0.340 e. The first kappa shape index (κ1) is 12.2. The van der Waals surface area contributed by atoms with Crippen LogP contribution in [0.15, 0.2) is 47.1 Å². The molecule has 0 amide bonds. The predicted octanol–water partition coefficient (Wildman–Crippen LogP) is 3.20. The highest BCUT2D eigenvalue weighted by Crippen LogP contribution is 2.35. The molecule has 0 aliphatic rings. The van der Waals surface area contributed by atoms with E-state index in [0.29, 0.717) is 28.0 Å². The van der Waals surface area contributed by atoms with E-state index in [2.05, 4.69) is 4.98 Å². The minimum absolute atomic E-state index is 0.130. The molecule has 0 fully saturated rings. The molecule has 20 heavy (non-hydrogen) atoms. The molecule has 3 aromatic rings. The number of hydrogen-bond donors (Lipinski definition) is 1. The van der Waals surface area contributed by atoms with Crippen molar-refractivity contribution in [3.63, 3.8) is 0 Å². The van der Waals surface area contributed by atoms with E-state index in [-0.39, 0.29) is 5.56 Å². The van der Waals surface area contributed by atoms with Gasteiger partial charge in [-0.1, -0.05) is 0 Å². The first-order chi connectivity index (χ1) is 9.70. The van der Waals surface area contributed by atoms with Gasteiger partial charge in [-0.2, -0.15) is 0 Å². The zero-order valence-electron chi connectivity index (χ0n) is 10.7.